The number of carbonyl (C=O) groups excluding carboxylic acids is 1. The molecule has 2 rings (SSSR count). The van der Waals surface area contributed by atoms with Gasteiger partial charge in [-0.3, -0.25) is 4.79 Å². The van der Waals surface area contributed by atoms with Crippen molar-refractivity contribution < 1.29 is 4.79 Å². The van der Waals surface area contributed by atoms with Crippen molar-refractivity contribution in [3.63, 3.8) is 0 Å². The molecule has 1 aliphatic rings. The monoisotopic (exact) mass is 346 g/mol. The number of hydrogen-bond acceptors (Lipinski definition) is 2. The van der Waals surface area contributed by atoms with Gasteiger partial charge >= 0.3 is 0 Å². The lowest BCUT2D eigenvalue weighted by atomic mass is 10.1. The lowest BCUT2D eigenvalue weighted by Gasteiger charge is -2.23. The Kier molecular flexibility index (Phi) is 6.83. The average molecular weight is 348 g/mol. The minimum atomic E-state index is 0. The molecule has 0 saturated carbocycles. The summed E-state index contributed by atoms with van der Waals surface area (Å²) in [5.41, 5.74) is 1.21. The zero-order chi connectivity index (χ0) is 13.0. The number of likely N-dealkylation sites (N-methyl/N-ethyl adjacent to an activating group) is 1. The maximum Gasteiger partial charge on any atom is 0.222 e. The van der Waals surface area contributed by atoms with E-state index in [1.54, 1.807) is 0 Å². The number of carbonyl (C=O) groups is 1. The molecule has 1 amide bonds. The molecule has 1 atom stereocenters. The van der Waals surface area contributed by atoms with Crippen LogP contribution in [0.15, 0.2) is 28.7 Å². The number of hydrogen-bond donors (Lipinski definition) is 1. The van der Waals surface area contributed by atoms with Gasteiger partial charge in [0.15, 0.2) is 0 Å². The molecule has 0 spiro atoms. The average Bonchev–Trinajstić information content (AvgIpc) is 2.90. The third kappa shape index (κ3) is 4.79. The topological polar surface area (TPSA) is 32.3 Å². The molecular formula is C14H20BrClN2O. The van der Waals surface area contributed by atoms with Crippen molar-refractivity contribution in [1.29, 1.82) is 0 Å². The van der Waals surface area contributed by atoms with Gasteiger partial charge in [0, 0.05) is 30.5 Å². The second kappa shape index (κ2) is 7.88. The molecule has 1 aromatic rings. The van der Waals surface area contributed by atoms with Crippen molar-refractivity contribution in [2.24, 2.45) is 0 Å². The summed E-state index contributed by atoms with van der Waals surface area (Å²) in [7, 11) is 1.92. The number of benzene rings is 1. The highest BCUT2D eigenvalue weighted by Gasteiger charge is 2.22. The maximum atomic E-state index is 12.1. The molecule has 0 aromatic heterocycles. The highest BCUT2D eigenvalue weighted by molar-refractivity contribution is 9.10. The number of nitrogens with one attached hydrogen (secondary N) is 1. The van der Waals surface area contributed by atoms with E-state index in [0.29, 0.717) is 12.5 Å². The fraction of sp³-hybridized carbons (Fsp3) is 0.500. The third-order valence-corrected chi connectivity index (χ3v) is 4.04. The van der Waals surface area contributed by atoms with Gasteiger partial charge in [-0.05, 0) is 37.1 Å². The molecule has 19 heavy (non-hydrogen) atoms. The first-order valence-electron chi connectivity index (χ1n) is 6.37. The molecule has 1 N–H and O–H groups in total. The summed E-state index contributed by atoms with van der Waals surface area (Å²) in [6.45, 7) is 1.95. The lowest BCUT2D eigenvalue weighted by Crippen LogP contribution is -2.38. The van der Waals surface area contributed by atoms with Crippen LogP contribution in [-0.2, 0) is 11.2 Å². The maximum absolute atomic E-state index is 12.1. The molecule has 0 aliphatic carbocycles. The highest BCUT2D eigenvalue weighted by atomic mass is 79.9. The van der Waals surface area contributed by atoms with Crippen LogP contribution < -0.4 is 5.32 Å². The number of rotatable bonds is 4. The van der Waals surface area contributed by atoms with E-state index in [9.17, 15) is 4.79 Å². The van der Waals surface area contributed by atoms with Gasteiger partial charge in [0.2, 0.25) is 5.91 Å². The van der Waals surface area contributed by atoms with E-state index in [0.717, 1.165) is 30.4 Å². The normalized spacial score (nSPS) is 17.9. The van der Waals surface area contributed by atoms with Gasteiger partial charge in [-0.25, -0.2) is 0 Å². The van der Waals surface area contributed by atoms with Crippen LogP contribution in [0.4, 0.5) is 0 Å². The SMILES string of the molecule is CN(C(=O)CCc1ccc(Br)cc1)C1CCNC1.Cl. The summed E-state index contributed by atoms with van der Waals surface area (Å²) in [6.07, 6.45) is 2.48. The first-order chi connectivity index (χ1) is 8.66. The minimum absolute atomic E-state index is 0. The van der Waals surface area contributed by atoms with Crippen LogP contribution in [0.25, 0.3) is 0 Å². The van der Waals surface area contributed by atoms with E-state index in [-0.39, 0.29) is 18.3 Å². The standard InChI is InChI=1S/C14H19BrN2O.ClH/c1-17(13-8-9-16-10-13)14(18)7-4-11-2-5-12(15)6-3-11;/h2-3,5-6,13,16H,4,7-10H2,1H3;1H. The third-order valence-electron chi connectivity index (χ3n) is 3.52. The van der Waals surface area contributed by atoms with Crippen molar-refractivity contribution in [2.75, 3.05) is 20.1 Å². The van der Waals surface area contributed by atoms with Gasteiger partial charge in [0.05, 0.1) is 0 Å². The van der Waals surface area contributed by atoms with Crippen molar-refractivity contribution >= 4 is 34.2 Å². The van der Waals surface area contributed by atoms with Crippen LogP contribution in [0.2, 0.25) is 0 Å². The van der Waals surface area contributed by atoms with E-state index < -0.39 is 0 Å². The van der Waals surface area contributed by atoms with Gasteiger partial charge in [0.1, 0.15) is 0 Å². The molecule has 1 heterocycles. The Morgan fingerprint density at radius 2 is 2.11 bits per heavy atom. The molecule has 1 aliphatic heterocycles. The zero-order valence-electron chi connectivity index (χ0n) is 11.1. The fourth-order valence-corrected chi connectivity index (χ4v) is 2.52. The Labute approximate surface area is 129 Å². The molecule has 0 radical (unpaired) electrons. The summed E-state index contributed by atoms with van der Waals surface area (Å²) < 4.78 is 1.08. The number of aryl methyl sites for hydroxylation is 1. The Morgan fingerprint density at radius 3 is 2.68 bits per heavy atom. The largest absolute Gasteiger partial charge is 0.341 e. The minimum Gasteiger partial charge on any atom is -0.341 e. The van der Waals surface area contributed by atoms with Gasteiger partial charge < -0.3 is 10.2 Å². The Bertz CT molecular complexity index is 404. The number of nitrogens with zero attached hydrogens (tertiary/aromatic N) is 1. The van der Waals surface area contributed by atoms with Crippen molar-refractivity contribution in [3.05, 3.63) is 34.3 Å². The predicted molar refractivity (Wildman–Crippen MR) is 83.8 cm³/mol. The van der Waals surface area contributed by atoms with Crippen LogP contribution in [0.3, 0.4) is 0 Å². The second-order valence-electron chi connectivity index (χ2n) is 4.78. The van der Waals surface area contributed by atoms with Crippen LogP contribution in [-0.4, -0.2) is 37.0 Å². The van der Waals surface area contributed by atoms with Crippen molar-refractivity contribution in [3.8, 4) is 0 Å². The molecule has 1 aromatic carbocycles. The summed E-state index contributed by atoms with van der Waals surface area (Å²) in [5.74, 6) is 0.242. The van der Waals surface area contributed by atoms with Crippen molar-refractivity contribution in [1.82, 2.24) is 10.2 Å². The van der Waals surface area contributed by atoms with Gasteiger partial charge in [-0.1, -0.05) is 28.1 Å². The molecule has 1 unspecified atom stereocenters. The second-order valence-corrected chi connectivity index (χ2v) is 5.69. The highest BCUT2D eigenvalue weighted by Crippen LogP contribution is 2.13. The van der Waals surface area contributed by atoms with Crippen LogP contribution in [0.1, 0.15) is 18.4 Å². The Balaban J connectivity index is 0.00000180. The summed E-state index contributed by atoms with van der Waals surface area (Å²) in [4.78, 5) is 14.0. The van der Waals surface area contributed by atoms with Crippen LogP contribution >= 0.6 is 28.3 Å². The van der Waals surface area contributed by atoms with Gasteiger partial charge in [-0.2, -0.15) is 0 Å². The van der Waals surface area contributed by atoms with E-state index in [2.05, 4.69) is 33.4 Å². The van der Waals surface area contributed by atoms with E-state index in [1.807, 2.05) is 24.1 Å². The first-order valence-corrected chi connectivity index (χ1v) is 7.17. The quantitative estimate of drug-likeness (QED) is 0.908. The molecule has 0 bridgehead atoms. The molecule has 5 heteroatoms. The molecule has 106 valence electrons. The van der Waals surface area contributed by atoms with E-state index in [1.165, 1.54) is 5.56 Å². The van der Waals surface area contributed by atoms with Gasteiger partial charge in [0.25, 0.3) is 0 Å². The zero-order valence-corrected chi connectivity index (χ0v) is 13.5. The molecule has 3 nitrogen and oxygen atoms in total. The van der Waals surface area contributed by atoms with E-state index >= 15 is 0 Å². The lowest BCUT2D eigenvalue weighted by molar-refractivity contribution is -0.131. The molecular weight excluding hydrogens is 328 g/mol. The van der Waals surface area contributed by atoms with Crippen LogP contribution in [0, 0.1) is 0 Å². The molecule has 1 saturated heterocycles. The Morgan fingerprint density at radius 1 is 1.42 bits per heavy atom. The van der Waals surface area contributed by atoms with Gasteiger partial charge in [-0.15, -0.1) is 12.4 Å². The number of amides is 1. The molecule has 1 fully saturated rings. The fourth-order valence-electron chi connectivity index (χ4n) is 2.25. The summed E-state index contributed by atoms with van der Waals surface area (Å²) in [6, 6.07) is 8.54. The predicted octanol–water partition coefficient (Wildman–Crippen LogP) is 2.62. The van der Waals surface area contributed by atoms with E-state index in [4.69, 9.17) is 0 Å². The number of halogens is 2. The smallest absolute Gasteiger partial charge is 0.222 e. The first kappa shape index (κ1) is 16.5. The summed E-state index contributed by atoms with van der Waals surface area (Å²) in [5, 5.41) is 3.29. The Hall–Kier alpha value is -0.580. The van der Waals surface area contributed by atoms with Crippen LogP contribution in [0.5, 0.6) is 0 Å². The summed E-state index contributed by atoms with van der Waals surface area (Å²) >= 11 is 3.41. The van der Waals surface area contributed by atoms with Crippen molar-refractivity contribution in [2.45, 2.75) is 25.3 Å².